The molecule has 3 saturated carbocycles. The zero-order valence-electron chi connectivity index (χ0n) is 32.9. The standard InChI is InChI=1S/C47H76O2/c1-7-8-9-10-11-12-13-14-15-16-17-18-19-20-21-22-23-27-45(48)49-40-32-34-46(5)39(36-40)28-29-41-43-31-30-42(38(4)26-24-25-37(2)3)47(43,6)35-33-44(41)46/h11-12,14-15,17-18,20-21,28,37-38,40-44H,7-10,13,16,19,22-27,29-36H2,1-6H3/b12-11+,15-14+,18-17+,21-20+/t38-,40+,41+,42-,43+,44+,46+,47-/m1/s1. The van der Waals surface area contributed by atoms with Crippen molar-refractivity contribution >= 4 is 5.97 Å². The molecule has 0 aromatic carbocycles. The summed E-state index contributed by atoms with van der Waals surface area (Å²) in [5.41, 5.74) is 2.48. The molecule has 2 nitrogen and oxygen atoms in total. The van der Waals surface area contributed by atoms with E-state index < -0.39 is 0 Å². The number of hydrogen-bond acceptors (Lipinski definition) is 2. The molecule has 0 aromatic rings. The van der Waals surface area contributed by atoms with Gasteiger partial charge < -0.3 is 4.74 Å². The molecule has 276 valence electrons. The molecular formula is C47H76O2. The Bertz CT molecular complexity index is 1140. The Kier molecular flexibility index (Phi) is 16.5. The molecule has 2 heteroatoms. The highest BCUT2D eigenvalue weighted by molar-refractivity contribution is 5.69. The minimum Gasteiger partial charge on any atom is -0.462 e. The van der Waals surface area contributed by atoms with Gasteiger partial charge in [0.05, 0.1) is 0 Å². The third-order valence-corrected chi connectivity index (χ3v) is 13.8. The van der Waals surface area contributed by atoms with Crippen molar-refractivity contribution < 1.29 is 9.53 Å². The highest BCUT2D eigenvalue weighted by atomic mass is 16.5. The van der Waals surface area contributed by atoms with Crippen LogP contribution in [0.5, 0.6) is 0 Å². The van der Waals surface area contributed by atoms with Crippen molar-refractivity contribution in [2.24, 2.45) is 46.3 Å². The molecule has 4 rings (SSSR count). The Hall–Kier alpha value is -1.83. The van der Waals surface area contributed by atoms with Crippen LogP contribution in [0.15, 0.2) is 60.3 Å². The van der Waals surface area contributed by atoms with E-state index in [0.717, 1.165) is 80.5 Å². The number of rotatable bonds is 20. The van der Waals surface area contributed by atoms with Gasteiger partial charge in [0, 0.05) is 12.8 Å². The lowest BCUT2D eigenvalue weighted by Gasteiger charge is -2.58. The molecule has 0 unspecified atom stereocenters. The lowest BCUT2D eigenvalue weighted by Crippen LogP contribution is -2.51. The molecule has 4 aliphatic carbocycles. The highest BCUT2D eigenvalue weighted by Crippen LogP contribution is 2.67. The normalized spacial score (nSPS) is 32.2. The van der Waals surface area contributed by atoms with Gasteiger partial charge in [-0.1, -0.05) is 134 Å². The van der Waals surface area contributed by atoms with E-state index in [9.17, 15) is 4.79 Å². The van der Waals surface area contributed by atoms with Crippen LogP contribution in [0.4, 0.5) is 0 Å². The molecule has 0 spiro atoms. The molecule has 8 atom stereocenters. The fraction of sp³-hybridized carbons (Fsp3) is 0.766. The van der Waals surface area contributed by atoms with E-state index in [-0.39, 0.29) is 12.1 Å². The van der Waals surface area contributed by atoms with Crippen LogP contribution in [-0.2, 0) is 9.53 Å². The van der Waals surface area contributed by atoms with Crippen molar-refractivity contribution in [3.63, 3.8) is 0 Å². The molecule has 0 N–H and O–H groups in total. The van der Waals surface area contributed by atoms with Gasteiger partial charge in [0.2, 0.25) is 0 Å². The molecule has 0 aromatic heterocycles. The zero-order valence-corrected chi connectivity index (χ0v) is 32.9. The highest BCUT2D eigenvalue weighted by Gasteiger charge is 2.59. The minimum absolute atomic E-state index is 0.00622. The van der Waals surface area contributed by atoms with Gasteiger partial charge in [-0.3, -0.25) is 4.79 Å². The van der Waals surface area contributed by atoms with E-state index in [1.807, 2.05) is 0 Å². The number of unbranched alkanes of at least 4 members (excludes halogenated alkanes) is 4. The predicted octanol–water partition coefficient (Wildman–Crippen LogP) is 14.1. The summed E-state index contributed by atoms with van der Waals surface area (Å²) in [5.74, 6) is 5.21. The van der Waals surface area contributed by atoms with Gasteiger partial charge in [-0.15, -0.1) is 0 Å². The molecule has 0 radical (unpaired) electrons. The van der Waals surface area contributed by atoms with E-state index in [4.69, 9.17) is 4.74 Å². The maximum atomic E-state index is 12.8. The van der Waals surface area contributed by atoms with Crippen LogP contribution in [0.1, 0.15) is 176 Å². The Morgan fingerprint density at radius 3 is 2.14 bits per heavy atom. The Morgan fingerprint density at radius 1 is 0.796 bits per heavy atom. The van der Waals surface area contributed by atoms with Crippen molar-refractivity contribution in [2.45, 2.75) is 182 Å². The second kappa shape index (κ2) is 20.3. The van der Waals surface area contributed by atoms with Crippen molar-refractivity contribution in [2.75, 3.05) is 0 Å². The van der Waals surface area contributed by atoms with E-state index >= 15 is 0 Å². The maximum absolute atomic E-state index is 12.8. The summed E-state index contributed by atoms with van der Waals surface area (Å²) < 4.78 is 6.10. The van der Waals surface area contributed by atoms with E-state index in [1.54, 1.807) is 5.57 Å². The van der Waals surface area contributed by atoms with Crippen LogP contribution < -0.4 is 0 Å². The van der Waals surface area contributed by atoms with Crippen molar-refractivity contribution in [1.29, 1.82) is 0 Å². The average Bonchev–Trinajstić information content (AvgIpc) is 3.43. The topological polar surface area (TPSA) is 26.3 Å². The summed E-state index contributed by atoms with van der Waals surface area (Å²) in [5, 5.41) is 0. The van der Waals surface area contributed by atoms with Crippen LogP contribution >= 0.6 is 0 Å². The molecule has 0 saturated heterocycles. The third-order valence-electron chi connectivity index (χ3n) is 13.8. The minimum atomic E-state index is 0.00622. The fourth-order valence-electron chi connectivity index (χ4n) is 10.9. The summed E-state index contributed by atoms with van der Waals surface area (Å²) in [4.78, 5) is 12.8. The van der Waals surface area contributed by atoms with Crippen molar-refractivity contribution in [3.05, 3.63) is 60.3 Å². The second-order valence-electron chi connectivity index (χ2n) is 17.6. The third kappa shape index (κ3) is 11.3. The lowest BCUT2D eigenvalue weighted by atomic mass is 9.47. The predicted molar refractivity (Wildman–Crippen MR) is 211 cm³/mol. The molecule has 0 heterocycles. The number of carbonyl (C=O) groups excluding carboxylic acids is 1. The molecular weight excluding hydrogens is 597 g/mol. The van der Waals surface area contributed by atoms with Crippen LogP contribution in [0.2, 0.25) is 0 Å². The number of hydrogen-bond donors (Lipinski definition) is 0. The number of allylic oxidation sites excluding steroid dienone is 9. The van der Waals surface area contributed by atoms with Gasteiger partial charge in [-0.05, 0) is 136 Å². The number of fused-ring (bicyclic) bond motifs is 5. The first-order chi connectivity index (χ1) is 23.7. The van der Waals surface area contributed by atoms with Crippen molar-refractivity contribution in [3.8, 4) is 0 Å². The summed E-state index contributed by atoms with van der Waals surface area (Å²) in [7, 11) is 0. The van der Waals surface area contributed by atoms with Gasteiger partial charge in [-0.25, -0.2) is 0 Å². The zero-order chi connectivity index (χ0) is 35.1. The largest absolute Gasteiger partial charge is 0.462 e. The second-order valence-corrected chi connectivity index (χ2v) is 17.6. The average molecular weight is 673 g/mol. The van der Waals surface area contributed by atoms with Crippen LogP contribution in [0, 0.1) is 46.3 Å². The fourth-order valence-corrected chi connectivity index (χ4v) is 10.9. The first-order valence-corrected chi connectivity index (χ1v) is 21.2. The van der Waals surface area contributed by atoms with Crippen molar-refractivity contribution in [1.82, 2.24) is 0 Å². The molecule has 3 fully saturated rings. The van der Waals surface area contributed by atoms with Gasteiger partial charge in [-0.2, -0.15) is 0 Å². The SMILES string of the molecule is CCCCC/C=C/C/C=C/C/C=C/C/C=C/CCCC(=O)O[C@H]1CC[C@@]2(C)C(=CC[C@H]3[C@@H]4CC[C@H]([C@H](C)CCCC(C)C)[C@@]4(C)CC[C@@H]32)C1. The molecule has 4 aliphatic rings. The Labute approximate surface area is 303 Å². The first-order valence-electron chi connectivity index (χ1n) is 21.2. The number of esters is 1. The lowest BCUT2D eigenvalue weighted by molar-refractivity contribution is -0.151. The van der Waals surface area contributed by atoms with E-state index in [2.05, 4.69) is 96.2 Å². The van der Waals surface area contributed by atoms with Gasteiger partial charge in [0.25, 0.3) is 0 Å². The van der Waals surface area contributed by atoms with Gasteiger partial charge >= 0.3 is 5.97 Å². The molecule has 0 bridgehead atoms. The molecule has 0 aliphatic heterocycles. The van der Waals surface area contributed by atoms with Crippen LogP contribution in [0.25, 0.3) is 0 Å². The number of carbonyl (C=O) groups is 1. The number of ether oxygens (including phenoxy) is 1. The molecule has 0 amide bonds. The van der Waals surface area contributed by atoms with Gasteiger partial charge in [0.1, 0.15) is 6.10 Å². The summed E-state index contributed by atoms with van der Waals surface area (Å²) in [6, 6.07) is 0. The maximum Gasteiger partial charge on any atom is 0.306 e. The van der Waals surface area contributed by atoms with Crippen LogP contribution in [0.3, 0.4) is 0 Å². The molecule has 49 heavy (non-hydrogen) atoms. The van der Waals surface area contributed by atoms with Gasteiger partial charge in [0.15, 0.2) is 0 Å². The van der Waals surface area contributed by atoms with Crippen LogP contribution in [-0.4, -0.2) is 12.1 Å². The monoisotopic (exact) mass is 673 g/mol. The summed E-state index contributed by atoms with van der Waals surface area (Å²) >= 11 is 0. The Balaban J connectivity index is 1.13. The summed E-state index contributed by atoms with van der Waals surface area (Å²) in [6.07, 6.45) is 45.7. The van der Waals surface area contributed by atoms with E-state index in [1.165, 1.54) is 83.5 Å². The summed E-state index contributed by atoms with van der Waals surface area (Å²) in [6.45, 7) is 14.9. The Morgan fingerprint density at radius 2 is 1.47 bits per heavy atom. The smallest absolute Gasteiger partial charge is 0.306 e. The van der Waals surface area contributed by atoms with E-state index in [0.29, 0.717) is 17.3 Å². The quantitative estimate of drug-likeness (QED) is 0.0731. The first kappa shape index (κ1) is 39.9.